The number of hydrogen-bond acceptors (Lipinski definition) is 0. The van der Waals surface area contributed by atoms with Crippen LogP contribution >= 0.6 is 30.1 Å². The van der Waals surface area contributed by atoms with Crippen LogP contribution in [0.5, 0.6) is 0 Å². The zero-order valence-electron chi connectivity index (χ0n) is 3.71. The van der Waals surface area contributed by atoms with E-state index < -0.39 is 11.4 Å². The quantitative estimate of drug-likeness (QED) is 0.357. The fraction of sp³-hybridized carbons (Fsp3) is 0. The van der Waals surface area contributed by atoms with Crippen molar-refractivity contribution in [3.8, 4) is 0 Å². The summed E-state index contributed by atoms with van der Waals surface area (Å²) in [4.78, 5) is 0. The summed E-state index contributed by atoms with van der Waals surface area (Å²) in [5, 5.41) is 0. The second-order valence-corrected chi connectivity index (χ2v) is 6.68. The monoisotopic (exact) mass is 170 g/mol. The van der Waals surface area contributed by atoms with E-state index in [4.69, 9.17) is 30.1 Å². The second kappa shape index (κ2) is 10.5. The Morgan fingerprint density at radius 1 is 1.17 bits per heavy atom. The maximum atomic E-state index is 4.94. The van der Waals surface area contributed by atoms with Crippen LogP contribution < -0.4 is 18.9 Å². The molecule has 0 heterocycles. The zero-order chi connectivity index (χ0) is 3.58. The molecule has 0 nitrogen and oxygen atoms in total. The molecule has 0 bridgehead atoms. The van der Waals surface area contributed by atoms with Gasteiger partial charge in [-0.25, -0.2) is 30.1 Å². The van der Waals surface area contributed by atoms with Crippen molar-refractivity contribution in [1.82, 2.24) is 0 Å². The van der Waals surface area contributed by atoms with E-state index in [1.54, 1.807) is 0 Å². The molecular formula is H4Al2Cl3Li. The third-order valence-electron chi connectivity index (χ3n) is 0. The maximum Gasteiger partial charge on any atom is 1.00 e. The van der Waals surface area contributed by atoms with Crippen LogP contribution in [0.2, 0.25) is 0 Å². The molecule has 32 valence electrons. The van der Waals surface area contributed by atoms with Gasteiger partial charge in [-0.3, -0.25) is 0 Å². The van der Waals surface area contributed by atoms with Crippen molar-refractivity contribution in [2.75, 3.05) is 0 Å². The fourth-order valence-electron chi connectivity index (χ4n) is 0. The molecule has 0 N–H and O–H groups in total. The van der Waals surface area contributed by atoms with Gasteiger partial charge in [-0.05, 0) is 0 Å². The van der Waals surface area contributed by atoms with Crippen molar-refractivity contribution in [2.45, 2.75) is 0 Å². The Hall–Kier alpha value is 2.53. The summed E-state index contributed by atoms with van der Waals surface area (Å²) >= 11 is -1.72. The molecule has 0 rings (SSSR count). The third-order valence-corrected chi connectivity index (χ3v) is 0. The summed E-state index contributed by atoms with van der Waals surface area (Å²) in [6, 6.07) is 0. The van der Waals surface area contributed by atoms with Gasteiger partial charge in [-0.1, -0.05) is 0 Å². The van der Waals surface area contributed by atoms with Crippen LogP contribution in [0.1, 0.15) is 1.43 Å². The molecule has 0 aliphatic carbocycles. The Morgan fingerprint density at radius 3 is 1.17 bits per heavy atom. The van der Waals surface area contributed by atoms with Gasteiger partial charge < -0.3 is 1.43 Å². The number of hydrogen-bond donors (Lipinski definition) is 0. The summed E-state index contributed by atoms with van der Waals surface area (Å²) in [6.45, 7) is 0. The molecule has 0 atom stereocenters. The van der Waals surface area contributed by atoms with Crippen LogP contribution in [0.3, 0.4) is 0 Å². The number of rotatable bonds is 0. The van der Waals surface area contributed by atoms with Crippen molar-refractivity contribution in [3.05, 3.63) is 0 Å². The molecule has 0 spiro atoms. The first-order valence-corrected chi connectivity index (χ1v) is 5.89. The molecule has 0 aliphatic rings. The molecule has 6 heavy (non-hydrogen) atoms. The predicted molar refractivity (Wildman–Crippen MR) is 34.4 cm³/mol. The molecule has 0 aromatic rings. The van der Waals surface area contributed by atoms with Crippen LogP contribution in [0.15, 0.2) is 0 Å². The largest absolute Gasteiger partial charge is 1.00 e. The van der Waals surface area contributed by atoms with Crippen LogP contribution in [0, 0.1) is 0 Å². The van der Waals surface area contributed by atoms with Crippen molar-refractivity contribution >= 4 is 58.9 Å². The molecule has 0 amide bonds. The van der Waals surface area contributed by atoms with E-state index >= 15 is 0 Å². The summed E-state index contributed by atoms with van der Waals surface area (Å²) in [5.41, 5.74) is 0. The molecule has 0 saturated carbocycles. The molecular weight excluding hydrogens is 167 g/mol. The van der Waals surface area contributed by atoms with Crippen LogP contribution in [-0.4, -0.2) is 28.7 Å². The van der Waals surface area contributed by atoms with Crippen molar-refractivity contribution < 1.29 is 20.3 Å². The van der Waals surface area contributed by atoms with Gasteiger partial charge in [0.25, 0.3) is 0 Å². The summed E-state index contributed by atoms with van der Waals surface area (Å²) in [5.74, 6) is 0. The van der Waals surface area contributed by atoms with Crippen LogP contribution in [0.25, 0.3) is 0 Å². The Balaban J connectivity index is -0.0000000150. The minimum absolute atomic E-state index is 0. The molecule has 0 fully saturated rings. The van der Waals surface area contributed by atoms with E-state index in [0.717, 1.165) is 0 Å². The second-order valence-electron chi connectivity index (χ2n) is 0.247. The van der Waals surface area contributed by atoms with Gasteiger partial charge in [0.05, 0.1) is 0 Å². The minimum Gasteiger partial charge on any atom is -1.00 e. The summed E-state index contributed by atoms with van der Waals surface area (Å²) in [7, 11) is 14.8. The molecule has 0 aromatic carbocycles. The maximum absolute atomic E-state index is 4.94. The molecule has 6 heteroatoms. The third kappa shape index (κ3) is 31.2. The first-order valence-electron chi connectivity index (χ1n) is 0.655. The van der Waals surface area contributed by atoms with E-state index in [1.165, 1.54) is 0 Å². The van der Waals surface area contributed by atoms with Crippen molar-refractivity contribution in [3.63, 3.8) is 0 Å². The Bertz CT molecular complexity index is 17.7. The normalized spacial score (nSPS) is 4.50. The predicted octanol–water partition coefficient (Wildman–Crippen LogP) is -2.38. The average Bonchev–Trinajstić information content (AvgIpc) is 0.811. The smallest absolute Gasteiger partial charge is 1.00 e. The van der Waals surface area contributed by atoms with Gasteiger partial charge in [0.2, 0.25) is 0 Å². The molecule has 0 unspecified atom stereocenters. The van der Waals surface area contributed by atoms with Crippen molar-refractivity contribution in [2.24, 2.45) is 0 Å². The Morgan fingerprint density at radius 2 is 1.17 bits per heavy atom. The van der Waals surface area contributed by atoms with E-state index in [-0.39, 0.29) is 37.6 Å². The van der Waals surface area contributed by atoms with E-state index in [1.807, 2.05) is 0 Å². The molecule has 0 aromatic heterocycles. The van der Waals surface area contributed by atoms with Crippen molar-refractivity contribution in [1.29, 1.82) is 0 Å². The van der Waals surface area contributed by atoms with Gasteiger partial charge in [-0.15, -0.1) is 0 Å². The number of halogens is 3. The first-order chi connectivity index (χ1) is 1.73. The fourth-order valence-corrected chi connectivity index (χ4v) is 0. The summed E-state index contributed by atoms with van der Waals surface area (Å²) in [6.07, 6.45) is 0. The zero-order valence-corrected chi connectivity index (χ0v) is 6.13. The van der Waals surface area contributed by atoms with Crippen LogP contribution in [-0.2, 0) is 0 Å². The molecule has 0 radical (unpaired) electrons. The average molecular weight is 171 g/mol. The van der Waals surface area contributed by atoms with Gasteiger partial charge in [-0.2, -0.15) is 0 Å². The SMILES string of the molecule is [AlH3].[Cl][Al]([Cl])[Cl].[H-].[Li+]. The Labute approximate surface area is 78.3 Å². The van der Waals surface area contributed by atoms with E-state index in [2.05, 4.69) is 0 Å². The summed E-state index contributed by atoms with van der Waals surface area (Å²) < 4.78 is 0. The van der Waals surface area contributed by atoms with Crippen LogP contribution in [0.4, 0.5) is 0 Å². The van der Waals surface area contributed by atoms with E-state index in [9.17, 15) is 0 Å². The molecule has 0 saturated heterocycles. The van der Waals surface area contributed by atoms with Gasteiger partial charge in [0.15, 0.2) is 17.4 Å². The van der Waals surface area contributed by atoms with E-state index in [0.29, 0.717) is 0 Å². The van der Waals surface area contributed by atoms with Gasteiger partial charge in [0, 0.05) is 0 Å². The topological polar surface area (TPSA) is 0 Å². The first kappa shape index (κ1) is 15.8. The van der Waals surface area contributed by atoms with Gasteiger partial charge in [0.1, 0.15) is 0 Å². The standard InChI is InChI=1S/2Al.3ClH.Li.4H/h;;3*1H;;;;;/q;+3;;;;+1;;;;-1/p-3. The molecule has 0 aliphatic heterocycles. The minimum atomic E-state index is -1.72. The van der Waals surface area contributed by atoms with Gasteiger partial charge >= 0.3 is 30.2 Å². The Kier molecular flexibility index (Phi) is 27.7.